The van der Waals surface area contributed by atoms with Gasteiger partial charge < -0.3 is 14.3 Å². The smallest absolute Gasteiger partial charge is 0.232 e. The SMILES string of the molecule is Cc1ccc(/C=C2\Oc3c(ccc(O)c3CN3CCC[C@@H](C)C3)C2=O)o1. The molecular formula is C21H23NO4. The van der Waals surface area contributed by atoms with Gasteiger partial charge >= 0.3 is 0 Å². The number of Topliss-reactive ketones (excluding diaryl/α,β-unsaturated/α-hetero) is 1. The molecule has 2 aliphatic rings. The second kappa shape index (κ2) is 6.65. The maximum Gasteiger partial charge on any atom is 0.232 e. The molecule has 5 heteroatoms. The van der Waals surface area contributed by atoms with Gasteiger partial charge in [0, 0.05) is 19.2 Å². The molecular weight excluding hydrogens is 330 g/mol. The van der Waals surface area contributed by atoms with Crippen molar-refractivity contribution in [2.45, 2.75) is 33.2 Å². The first-order chi connectivity index (χ1) is 12.5. The van der Waals surface area contributed by atoms with Crippen molar-refractivity contribution < 1.29 is 19.1 Å². The van der Waals surface area contributed by atoms with E-state index in [2.05, 4.69) is 11.8 Å². The Kier molecular flexibility index (Phi) is 4.32. The lowest BCUT2D eigenvalue weighted by Gasteiger charge is -2.31. The molecule has 3 heterocycles. The number of hydrogen-bond acceptors (Lipinski definition) is 5. The summed E-state index contributed by atoms with van der Waals surface area (Å²) in [5.41, 5.74) is 1.18. The summed E-state index contributed by atoms with van der Waals surface area (Å²) >= 11 is 0. The number of rotatable bonds is 3. The largest absolute Gasteiger partial charge is 0.507 e. The van der Waals surface area contributed by atoms with Gasteiger partial charge in [0.25, 0.3) is 0 Å². The van der Waals surface area contributed by atoms with E-state index in [1.807, 2.05) is 13.0 Å². The number of phenols is 1. The van der Waals surface area contributed by atoms with Gasteiger partial charge in [-0.25, -0.2) is 0 Å². The van der Waals surface area contributed by atoms with Gasteiger partial charge in [0.2, 0.25) is 5.78 Å². The van der Waals surface area contributed by atoms with Crippen molar-refractivity contribution in [3.63, 3.8) is 0 Å². The molecule has 1 N–H and O–H groups in total. The van der Waals surface area contributed by atoms with Crippen LogP contribution in [0.4, 0.5) is 0 Å². The molecule has 0 bridgehead atoms. The van der Waals surface area contributed by atoms with E-state index in [0.717, 1.165) is 25.3 Å². The maximum absolute atomic E-state index is 12.7. The quantitative estimate of drug-likeness (QED) is 0.840. The second-order valence-electron chi connectivity index (χ2n) is 7.31. The highest BCUT2D eigenvalue weighted by molar-refractivity contribution is 6.14. The zero-order chi connectivity index (χ0) is 18.3. The first-order valence-corrected chi connectivity index (χ1v) is 9.09. The first-order valence-electron chi connectivity index (χ1n) is 9.09. The lowest BCUT2D eigenvalue weighted by atomic mass is 9.99. The maximum atomic E-state index is 12.7. The van der Waals surface area contributed by atoms with E-state index in [1.165, 1.54) is 6.42 Å². The minimum Gasteiger partial charge on any atom is -0.507 e. The summed E-state index contributed by atoms with van der Waals surface area (Å²) in [6.45, 7) is 6.67. The molecule has 4 rings (SSSR count). The number of likely N-dealkylation sites (tertiary alicyclic amines) is 1. The minimum absolute atomic E-state index is 0.171. The fourth-order valence-electron chi connectivity index (χ4n) is 3.76. The molecule has 1 saturated heterocycles. The van der Waals surface area contributed by atoms with E-state index in [4.69, 9.17) is 9.15 Å². The van der Waals surface area contributed by atoms with E-state index >= 15 is 0 Å². The topological polar surface area (TPSA) is 62.9 Å². The molecule has 0 amide bonds. The van der Waals surface area contributed by atoms with Crippen molar-refractivity contribution in [3.8, 4) is 11.5 Å². The summed E-state index contributed by atoms with van der Waals surface area (Å²) in [4.78, 5) is 15.0. The number of ketones is 1. The third kappa shape index (κ3) is 3.15. The Bertz CT molecular complexity index is 880. The number of fused-ring (bicyclic) bond motifs is 1. The number of ether oxygens (including phenoxy) is 1. The highest BCUT2D eigenvalue weighted by atomic mass is 16.5. The Morgan fingerprint density at radius 1 is 1.31 bits per heavy atom. The molecule has 5 nitrogen and oxygen atoms in total. The molecule has 0 unspecified atom stereocenters. The summed E-state index contributed by atoms with van der Waals surface area (Å²) in [7, 11) is 0. The van der Waals surface area contributed by atoms with Gasteiger partial charge in [-0.05, 0) is 56.5 Å². The monoisotopic (exact) mass is 353 g/mol. The lowest BCUT2D eigenvalue weighted by molar-refractivity contribution is 0.101. The Morgan fingerprint density at radius 3 is 2.88 bits per heavy atom. The van der Waals surface area contributed by atoms with Crippen LogP contribution in [0.5, 0.6) is 11.5 Å². The number of carbonyl (C=O) groups is 1. The Hall–Kier alpha value is -2.53. The number of aromatic hydroxyl groups is 1. The highest BCUT2D eigenvalue weighted by Gasteiger charge is 2.32. The molecule has 0 aliphatic carbocycles. The number of allylic oxidation sites excluding steroid dienone is 1. The van der Waals surface area contributed by atoms with Gasteiger partial charge in [-0.1, -0.05) is 6.92 Å². The number of piperidine rings is 1. The minimum atomic E-state index is -0.178. The van der Waals surface area contributed by atoms with E-state index in [1.54, 1.807) is 24.3 Å². The highest BCUT2D eigenvalue weighted by Crippen LogP contribution is 2.40. The molecule has 2 aliphatic heterocycles. The van der Waals surface area contributed by atoms with Gasteiger partial charge in [-0.15, -0.1) is 0 Å². The average Bonchev–Trinajstić information content (AvgIpc) is 3.15. The number of aryl methyl sites for hydroxylation is 1. The van der Waals surface area contributed by atoms with Crippen LogP contribution in [0.2, 0.25) is 0 Å². The summed E-state index contributed by atoms with van der Waals surface area (Å²) in [5, 5.41) is 10.4. The Morgan fingerprint density at radius 2 is 2.15 bits per heavy atom. The number of benzene rings is 1. The van der Waals surface area contributed by atoms with Gasteiger partial charge in [-0.3, -0.25) is 9.69 Å². The van der Waals surface area contributed by atoms with Crippen molar-refractivity contribution >= 4 is 11.9 Å². The Balaban J connectivity index is 1.64. The third-order valence-electron chi connectivity index (χ3n) is 5.07. The van der Waals surface area contributed by atoms with E-state index in [0.29, 0.717) is 35.1 Å². The Labute approximate surface area is 152 Å². The number of carbonyl (C=O) groups excluding carboxylic acids is 1. The van der Waals surface area contributed by atoms with Gasteiger partial charge in [0.1, 0.15) is 23.0 Å². The third-order valence-corrected chi connectivity index (χ3v) is 5.07. The van der Waals surface area contributed by atoms with Crippen LogP contribution in [0.25, 0.3) is 6.08 Å². The fourth-order valence-corrected chi connectivity index (χ4v) is 3.76. The molecule has 0 saturated carbocycles. The average molecular weight is 353 g/mol. The summed E-state index contributed by atoms with van der Waals surface area (Å²) in [6, 6.07) is 6.86. The summed E-state index contributed by atoms with van der Waals surface area (Å²) in [5.74, 6) is 2.69. The van der Waals surface area contributed by atoms with E-state index < -0.39 is 0 Å². The summed E-state index contributed by atoms with van der Waals surface area (Å²) < 4.78 is 11.4. The molecule has 1 atom stereocenters. The van der Waals surface area contributed by atoms with Crippen molar-refractivity contribution in [2.24, 2.45) is 5.92 Å². The molecule has 1 aromatic heterocycles. The van der Waals surface area contributed by atoms with Gasteiger partial charge in [0.05, 0.1) is 11.1 Å². The predicted octanol–water partition coefficient (Wildman–Crippen LogP) is 4.14. The van der Waals surface area contributed by atoms with Crippen molar-refractivity contribution in [2.75, 3.05) is 13.1 Å². The van der Waals surface area contributed by atoms with Crippen LogP contribution in [-0.2, 0) is 6.54 Å². The molecule has 1 aromatic carbocycles. The van der Waals surface area contributed by atoms with Crippen molar-refractivity contribution in [1.82, 2.24) is 4.90 Å². The van der Waals surface area contributed by atoms with Gasteiger partial charge in [-0.2, -0.15) is 0 Å². The van der Waals surface area contributed by atoms with Crippen LogP contribution < -0.4 is 4.74 Å². The number of phenolic OH excluding ortho intramolecular Hbond substituents is 1. The van der Waals surface area contributed by atoms with Crippen LogP contribution >= 0.6 is 0 Å². The molecule has 0 spiro atoms. The number of nitrogens with zero attached hydrogens (tertiary/aromatic N) is 1. The van der Waals surface area contributed by atoms with Crippen LogP contribution in [0, 0.1) is 12.8 Å². The van der Waals surface area contributed by atoms with E-state index in [-0.39, 0.29) is 17.3 Å². The molecule has 136 valence electrons. The van der Waals surface area contributed by atoms with Crippen LogP contribution in [-0.4, -0.2) is 28.9 Å². The van der Waals surface area contributed by atoms with Crippen LogP contribution in [0.3, 0.4) is 0 Å². The fraction of sp³-hybridized carbons (Fsp3) is 0.381. The second-order valence-corrected chi connectivity index (χ2v) is 7.31. The predicted molar refractivity (Wildman–Crippen MR) is 98.2 cm³/mol. The molecule has 1 fully saturated rings. The van der Waals surface area contributed by atoms with Crippen LogP contribution in [0.15, 0.2) is 34.4 Å². The van der Waals surface area contributed by atoms with Crippen molar-refractivity contribution in [3.05, 3.63) is 52.7 Å². The van der Waals surface area contributed by atoms with Crippen molar-refractivity contribution in [1.29, 1.82) is 0 Å². The van der Waals surface area contributed by atoms with E-state index in [9.17, 15) is 9.90 Å². The van der Waals surface area contributed by atoms with Gasteiger partial charge in [0.15, 0.2) is 5.76 Å². The molecule has 2 aromatic rings. The molecule has 0 radical (unpaired) electrons. The zero-order valence-corrected chi connectivity index (χ0v) is 15.1. The number of furan rings is 1. The zero-order valence-electron chi connectivity index (χ0n) is 15.1. The molecule has 26 heavy (non-hydrogen) atoms. The summed E-state index contributed by atoms with van der Waals surface area (Å²) in [6.07, 6.45) is 4.00. The van der Waals surface area contributed by atoms with Crippen LogP contribution in [0.1, 0.15) is 47.2 Å². The number of hydrogen-bond donors (Lipinski definition) is 1. The normalized spacial score (nSPS) is 21.8. The first kappa shape index (κ1) is 16.9. The standard InChI is InChI=1S/C21H23NO4/c1-13-4-3-9-22(11-13)12-17-18(23)8-7-16-20(24)19(26-21(16)17)10-15-6-5-14(2)25-15/h5-8,10,13,23H,3-4,9,11-12H2,1-2H3/b19-10-/t13-/m1/s1. The lowest BCUT2D eigenvalue weighted by Crippen LogP contribution is -2.33.